The predicted octanol–water partition coefficient (Wildman–Crippen LogP) is 4.13. The topological polar surface area (TPSA) is 51.8 Å². The van der Waals surface area contributed by atoms with E-state index in [-0.39, 0.29) is 0 Å². The molecular formula is C13H10ClN3OS. The number of benzene rings is 1. The van der Waals surface area contributed by atoms with Crippen molar-refractivity contribution < 1.29 is 4.42 Å². The first-order chi connectivity index (χ1) is 9.13. The highest BCUT2D eigenvalue weighted by molar-refractivity contribution is 7.15. The molecule has 0 unspecified atom stereocenters. The fourth-order valence-corrected chi connectivity index (χ4v) is 2.72. The molecule has 0 radical (unpaired) electrons. The van der Waals surface area contributed by atoms with Gasteiger partial charge >= 0.3 is 0 Å². The van der Waals surface area contributed by atoms with Crippen LogP contribution < -0.4 is 0 Å². The van der Waals surface area contributed by atoms with Gasteiger partial charge in [-0.25, -0.2) is 4.98 Å². The van der Waals surface area contributed by atoms with E-state index in [0.717, 1.165) is 21.1 Å². The smallest absolute Gasteiger partial charge is 0.260 e. The Kier molecular flexibility index (Phi) is 3.08. The molecule has 96 valence electrons. The van der Waals surface area contributed by atoms with E-state index >= 15 is 0 Å². The van der Waals surface area contributed by atoms with Crippen molar-refractivity contribution in [1.29, 1.82) is 0 Å². The first-order valence-corrected chi connectivity index (χ1v) is 6.87. The summed E-state index contributed by atoms with van der Waals surface area (Å²) in [5, 5.41) is 9.81. The number of hydrogen-bond acceptors (Lipinski definition) is 5. The molecule has 0 spiro atoms. The number of nitrogens with zero attached hydrogens (tertiary/aromatic N) is 3. The van der Waals surface area contributed by atoms with Gasteiger partial charge in [0.15, 0.2) is 0 Å². The Morgan fingerprint density at radius 2 is 1.74 bits per heavy atom. The summed E-state index contributed by atoms with van der Waals surface area (Å²) in [4.78, 5) is 5.28. The maximum absolute atomic E-state index is 5.85. The molecule has 0 N–H and O–H groups in total. The van der Waals surface area contributed by atoms with Gasteiger partial charge in [0.05, 0.1) is 10.7 Å². The fourth-order valence-electron chi connectivity index (χ4n) is 1.75. The average molecular weight is 292 g/mol. The second-order valence-electron chi connectivity index (χ2n) is 4.07. The summed E-state index contributed by atoms with van der Waals surface area (Å²) >= 11 is 7.40. The van der Waals surface area contributed by atoms with Crippen molar-refractivity contribution in [3.05, 3.63) is 40.0 Å². The molecule has 0 atom stereocenters. The Morgan fingerprint density at radius 1 is 1.05 bits per heavy atom. The second kappa shape index (κ2) is 4.75. The van der Waals surface area contributed by atoms with Crippen LogP contribution in [-0.2, 0) is 0 Å². The van der Waals surface area contributed by atoms with E-state index in [1.807, 2.05) is 26.0 Å². The monoisotopic (exact) mass is 291 g/mol. The van der Waals surface area contributed by atoms with Gasteiger partial charge in [-0.1, -0.05) is 11.6 Å². The van der Waals surface area contributed by atoms with E-state index in [2.05, 4.69) is 15.2 Å². The zero-order valence-electron chi connectivity index (χ0n) is 10.3. The van der Waals surface area contributed by atoms with E-state index < -0.39 is 0 Å². The Balaban J connectivity index is 1.99. The Bertz CT molecular complexity index is 718. The molecule has 0 aliphatic carbocycles. The van der Waals surface area contributed by atoms with Crippen molar-refractivity contribution in [3.63, 3.8) is 0 Å². The first-order valence-electron chi connectivity index (χ1n) is 5.67. The van der Waals surface area contributed by atoms with Crippen molar-refractivity contribution in [2.24, 2.45) is 0 Å². The van der Waals surface area contributed by atoms with E-state index in [0.29, 0.717) is 16.8 Å². The average Bonchev–Trinajstić information content (AvgIpc) is 2.97. The lowest BCUT2D eigenvalue weighted by atomic mass is 10.2. The highest BCUT2D eigenvalue weighted by atomic mass is 35.5. The molecule has 0 amide bonds. The van der Waals surface area contributed by atoms with Crippen LogP contribution in [0.15, 0.2) is 28.7 Å². The fraction of sp³-hybridized carbons (Fsp3) is 0.154. The Labute approximate surface area is 119 Å². The molecule has 0 saturated heterocycles. The molecule has 2 heterocycles. The zero-order chi connectivity index (χ0) is 13.4. The number of hydrogen-bond donors (Lipinski definition) is 0. The SMILES string of the molecule is Cc1nc(C)c(-c2nnc(-c3ccc(Cl)cc3)o2)s1. The molecule has 2 aromatic heterocycles. The van der Waals surface area contributed by atoms with Crippen LogP contribution in [0.2, 0.25) is 5.02 Å². The molecule has 4 nitrogen and oxygen atoms in total. The summed E-state index contributed by atoms with van der Waals surface area (Å²) in [5.41, 5.74) is 1.76. The minimum atomic E-state index is 0.483. The van der Waals surface area contributed by atoms with Crippen LogP contribution >= 0.6 is 22.9 Å². The molecule has 0 aliphatic rings. The highest BCUT2D eigenvalue weighted by Gasteiger charge is 2.15. The number of aryl methyl sites for hydroxylation is 2. The molecule has 6 heteroatoms. The maximum atomic E-state index is 5.85. The van der Waals surface area contributed by atoms with Gasteiger partial charge < -0.3 is 4.42 Å². The van der Waals surface area contributed by atoms with E-state index in [1.165, 1.54) is 0 Å². The predicted molar refractivity (Wildman–Crippen MR) is 75.3 cm³/mol. The first kappa shape index (κ1) is 12.3. The lowest BCUT2D eigenvalue weighted by Crippen LogP contribution is -1.77. The van der Waals surface area contributed by atoms with Gasteiger partial charge in [-0.05, 0) is 38.1 Å². The summed E-state index contributed by atoms with van der Waals surface area (Å²) in [6, 6.07) is 7.29. The van der Waals surface area contributed by atoms with Crippen molar-refractivity contribution in [1.82, 2.24) is 15.2 Å². The van der Waals surface area contributed by atoms with Gasteiger partial charge in [-0.2, -0.15) is 0 Å². The summed E-state index contributed by atoms with van der Waals surface area (Å²) < 4.78 is 5.69. The van der Waals surface area contributed by atoms with E-state index in [1.54, 1.807) is 23.5 Å². The van der Waals surface area contributed by atoms with Gasteiger partial charge in [0, 0.05) is 10.6 Å². The summed E-state index contributed by atoms with van der Waals surface area (Å²) in [6.07, 6.45) is 0. The molecule has 3 rings (SSSR count). The van der Waals surface area contributed by atoms with Crippen LogP contribution in [0.25, 0.3) is 22.2 Å². The van der Waals surface area contributed by atoms with Crippen LogP contribution in [0.1, 0.15) is 10.7 Å². The molecule has 1 aromatic carbocycles. The number of aromatic nitrogens is 3. The minimum absolute atomic E-state index is 0.483. The summed E-state index contributed by atoms with van der Waals surface area (Å²) in [5.74, 6) is 0.991. The van der Waals surface area contributed by atoms with Gasteiger partial charge in [0.2, 0.25) is 5.89 Å². The van der Waals surface area contributed by atoms with Crippen molar-refractivity contribution in [2.45, 2.75) is 13.8 Å². The second-order valence-corrected chi connectivity index (χ2v) is 5.71. The lowest BCUT2D eigenvalue weighted by Gasteiger charge is -1.94. The van der Waals surface area contributed by atoms with Crippen molar-refractivity contribution >= 4 is 22.9 Å². The number of rotatable bonds is 2. The van der Waals surface area contributed by atoms with Crippen LogP contribution in [0.3, 0.4) is 0 Å². The number of thiazole rings is 1. The van der Waals surface area contributed by atoms with E-state index in [9.17, 15) is 0 Å². The third-order valence-electron chi connectivity index (χ3n) is 2.61. The van der Waals surface area contributed by atoms with Crippen molar-refractivity contribution in [3.8, 4) is 22.2 Å². The van der Waals surface area contributed by atoms with E-state index in [4.69, 9.17) is 16.0 Å². The van der Waals surface area contributed by atoms with Crippen molar-refractivity contribution in [2.75, 3.05) is 0 Å². The van der Waals surface area contributed by atoms with Crippen LogP contribution in [0.5, 0.6) is 0 Å². The molecule has 0 bridgehead atoms. The molecule has 0 aliphatic heterocycles. The van der Waals surface area contributed by atoms with Gasteiger partial charge in [0.1, 0.15) is 4.88 Å². The van der Waals surface area contributed by atoms with Gasteiger partial charge in [-0.15, -0.1) is 21.5 Å². The minimum Gasteiger partial charge on any atom is -0.415 e. The quantitative estimate of drug-likeness (QED) is 0.712. The zero-order valence-corrected chi connectivity index (χ0v) is 11.9. The third-order valence-corrected chi connectivity index (χ3v) is 3.93. The Hall–Kier alpha value is -1.72. The van der Waals surface area contributed by atoms with Crippen LogP contribution in [0.4, 0.5) is 0 Å². The third kappa shape index (κ3) is 2.39. The highest BCUT2D eigenvalue weighted by Crippen LogP contribution is 2.30. The summed E-state index contributed by atoms with van der Waals surface area (Å²) in [6.45, 7) is 3.89. The molecule has 19 heavy (non-hydrogen) atoms. The molecule has 0 fully saturated rings. The standard InChI is InChI=1S/C13H10ClN3OS/c1-7-11(19-8(2)15-7)13-17-16-12(18-13)9-3-5-10(14)6-4-9/h3-6H,1-2H3. The normalized spacial score (nSPS) is 10.9. The van der Waals surface area contributed by atoms with Gasteiger partial charge in [-0.3, -0.25) is 0 Å². The molecule has 3 aromatic rings. The maximum Gasteiger partial charge on any atom is 0.260 e. The summed E-state index contributed by atoms with van der Waals surface area (Å²) in [7, 11) is 0. The number of halogens is 1. The largest absolute Gasteiger partial charge is 0.415 e. The van der Waals surface area contributed by atoms with Crippen LogP contribution in [0, 0.1) is 13.8 Å². The Morgan fingerprint density at radius 3 is 2.37 bits per heavy atom. The molecular weight excluding hydrogens is 282 g/mol. The van der Waals surface area contributed by atoms with Gasteiger partial charge in [0.25, 0.3) is 5.89 Å². The molecule has 0 saturated carbocycles. The lowest BCUT2D eigenvalue weighted by molar-refractivity contribution is 0.585. The van der Waals surface area contributed by atoms with Crippen LogP contribution in [-0.4, -0.2) is 15.2 Å².